The number of hydrogen-bond acceptors (Lipinski definition) is 3. The van der Waals surface area contributed by atoms with Crippen molar-refractivity contribution in [2.45, 2.75) is 33.9 Å². The largest absolute Gasteiger partial charge is 0.497 e. The van der Waals surface area contributed by atoms with Crippen molar-refractivity contribution in [3.63, 3.8) is 0 Å². The number of ether oxygens (including phenoxy) is 1. The second kappa shape index (κ2) is 9.11. The number of aromatic nitrogens is 2. The summed E-state index contributed by atoms with van der Waals surface area (Å²) >= 11 is 0. The Bertz CT molecular complexity index is 708. The summed E-state index contributed by atoms with van der Waals surface area (Å²) in [6, 6.07) is 10.1. The first-order valence-electron chi connectivity index (χ1n) is 8.60. The summed E-state index contributed by atoms with van der Waals surface area (Å²) in [5.41, 5.74) is 3.41. The molecule has 0 aliphatic carbocycles. The Balaban J connectivity index is 1.80. The molecule has 1 heterocycles. The van der Waals surface area contributed by atoms with Crippen LogP contribution in [-0.4, -0.2) is 36.4 Å². The average Bonchev–Trinajstić information content (AvgIpc) is 2.92. The second-order valence-electron chi connectivity index (χ2n) is 6.37. The highest BCUT2D eigenvalue weighted by Crippen LogP contribution is 2.12. The fraction of sp³-hybridized carbons (Fsp3) is 0.474. The van der Waals surface area contributed by atoms with Gasteiger partial charge >= 0.3 is 0 Å². The molecule has 0 amide bonds. The minimum Gasteiger partial charge on any atom is -0.497 e. The van der Waals surface area contributed by atoms with Crippen LogP contribution in [0, 0.1) is 19.8 Å². The molecule has 0 saturated heterocycles. The van der Waals surface area contributed by atoms with E-state index in [2.05, 4.69) is 51.4 Å². The molecule has 2 N–H and O–H groups in total. The number of benzene rings is 1. The number of rotatable bonds is 7. The van der Waals surface area contributed by atoms with Crippen LogP contribution in [0.2, 0.25) is 0 Å². The number of nitrogens with one attached hydrogen (secondary N) is 2. The van der Waals surface area contributed by atoms with Crippen LogP contribution in [0.25, 0.3) is 0 Å². The van der Waals surface area contributed by atoms with Gasteiger partial charge in [-0.15, -0.1) is 0 Å². The maximum atomic E-state index is 5.25. The SMILES string of the molecule is CN=C(NCc1cccc(OC)c1)NCC(C)Cn1nc(C)cc1C. The lowest BCUT2D eigenvalue weighted by molar-refractivity contribution is 0.414. The van der Waals surface area contributed by atoms with Crippen molar-refractivity contribution < 1.29 is 4.74 Å². The lowest BCUT2D eigenvalue weighted by atomic mass is 10.2. The predicted octanol–water partition coefficient (Wildman–Crippen LogP) is 2.51. The standard InChI is InChI=1S/C19H29N5O/c1-14(13-24-16(3)9-15(2)23-24)11-21-19(20-4)22-12-17-7-6-8-18(10-17)25-5/h6-10,14H,11-13H2,1-5H3,(H2,20,21,22). The van der Waals surface area contributed by atoms with Gasteiger partial charge in [-0.1, -0.05) is 19.1 Å². The Kier molecular flexibility index (Phi) is 6.86. The van der Waals surface area contributed by atoms with Gasteiger partial charge in [0.05, 0.1) is 12.8 Å². The normalized spacial score (nSPS) is 12.8. The first-order valence-corrected chi connectivity index (χ1v) is 8.60. The molecular weight excluding hydrogens is 314 g/mol. The Morgan fingerprint density at radius 2 is 2.08 bits per heavy atom. The summed E-state index contributed by atoms with van der Waals surface area (Å²) in [5.74, 6) is 2.09. The van der Waals surface area contributed by atoms with E-state index in [1.807, 2.05) is 25.1 Å². The fourth-order valence-electron chi connectivity index (χ4n) is 2.68. The lowest BCUT2D eigenvalue weighted by Gasteiger charge is -2.17. The van der Waals surface area contributed by atoms with Gasteiger partial charge in [-0.3, -0.25) is 9.67 Å². The molecule has 6 heteroatoms. The minimum atomic E-state index is 0.438. The molecular formula is C19H29N5O. The highest BCUT2D eigenvalue weighted by molar-refractivity contribution is 5.79. The Hall–Kier alpha value is -2.50. The van der Waals surface area contributed by atoms with Crippen molar-refractivity contribution in [3.05, 3.63) is 47.3 Å². The summed E-state index contributed by atoms with van der Waals surface area (Å²) in [7, 11) is 3.46. The molecule has 0 spiro atoms. The number of nitrogens with zero attached hydrogens (tertiary/aromatic N) is 3. The summed E-state index contributed by atoms with van der Waals surface area (Å²) < 4.78 is 7.32. The van der Waals surface area contributed by atoms with Crippen molar-refractivity contribution in [2.24, 2.45) is 10.9 Å². The second-order valence-corrected chi connectivity index (χ2v) is 6.37. The summed E-state index contributed by atoms with van der Waals surface area (Å²) in [5, 5.41) is 11.2. The van der Waals surface area contributed by atoms with Gasteiger partial charge in [0.1, 0.15) is 5.75 Å². The van der Waals surface area contributed by atoms with E-state index in [0.29, 0.717) is 12.5 Å². The third-order valence-corrected chi connectivity index (χ3v) is 4.02. The van der Waals surface area contributed by atoms with Crippen molar-refractivity contribution >= 4 is 5.96 Å². The van der Waals surface area contributed by atoms with Gasteiger partial charge in [0, 0.05) is 32.4 Å². The van der Waals surface area contributed by atoms with Crippen molar-refractivity contribution in [1.29, 1.82) is 0 Å². The summed E-state index contributed by atoms with van der Waals surface area (Å²) in [6.45, 7) is 8.74. The molecule has 1 unspecified atom stereocenters. The van der Waals surface area contributed by atoms with Gasteiger partial charge in [-0.25, -0.2) is 0 Å². The summed E-state index contributed by atoms with van der Waals surface area (Å²) in [4.78, 5) is 4.29. The van der Waals surface area contributed by atoms with Gasteiger partial charge in [0.25, 0.3) is 0 Å². The van der Waals surface area contributed by atoms with E-state index in [1.165, 1.54) is 5.69 Å². The van der Waals surface area contributed by atoms with E-state index in [1.54, 1.807) is 14.2 Å². The van der Waals surface area contributed by atoms with Crippen LogP contribution >= 0.6 is 0 Å². The van der Waals surface area contributed by atoms with Crippen LogP contribution in [0.15, 0.2) is 35.3 Å². The van der Waals surface area contributed by atoms with Crippen LogP contribution in [0.1, 0.15) is 23.9 Å². The molecule has 0 saturated carbocycles. The van der Waals surface area contributed by atoms with E-state index in [-0.39, 0.29) is 0 Å². The number of guanidine groups is 1. The maximum Gasteiger partial charge on any atom is 0.191 e. The Morgan fingerprint density at radius 3 is 2.72 bits per heavy atom. The lowest BCUT2D eigenvalue weighted by Crippen LogP contribution is -2.39. The summed E-state index contributed by atoms with van der Waals surface area (Å²) in [6.07, 6.45) is 0. The first-order chi connectivity index (χ1) is 12.0. The third-order valence-electron chi connectivity index (χ3n) is 4.02. The van der Waals surface area contributed by atoms with E-state index >= 15 is 0 Å². The molecule has 1 atom stereocenters. The van der Waals surface area contributed by atoms with Crippen LogP contribution < -0.4 is 15.4 Å². The number of hydrogen-bond donors (Lipinski definition) is 2. The zero-order chi connectivity index (χ0) is 18.2. The van der Waals surface area contributed by atoms with Crippen LogP contribution in [0.5, 0.6) is 5.75 Å². The minimum absolute atomic E-state index is 0.438. The molecule has 0 radical (unpaired) electrons. The highest BCUT2D eigenvalue weighted by Gasteiger charge is 2.08. The van der Waals surface area contributed by atoms with E-state index in [9.17, 15) is 0 Å². The molecule has 0 aliphatic heterocycles. The van der Waals surface area contributed by atoms with E-state index < -0.39 is 0 Å². The van der Waals surface area contributed by atoms with Crippen molar-refractivity contribution in [1.82, 2.24) is 20.4 Å². The van der Waals surface area contributed by atoms with Crippen LogP contribution in [0.4, 0.5) is 0 Å². The average molecular weight is 343 g/mol. The molecule has 2 rings (SSSR count). The Labute approximate surface area is 150 Å². The van der Waals surface area contributed by atoms with E-state index in [0.717, 1.165) is 36.1 Å². The third kappa shape index (κ3) is 5.81. The highest BCUT2D eigenvalue weighted by atomic mass is 16.5. The van der Waals surface area contributed by atoms with Gasteiger partial charge in [0.15, 0.2) is 5.96 Å². The topological polar surface area (TPSA) is 63.5 Å². The molecule has 2 aromatic rings. The van der Waals surface area contributed by atoms with Gasteiger partial charge in [0.2, 0.25) is 0 Å². The zero-order valence-electron chi connectivity index (χ0n) is 15.8. The fourth-order valence-corrected chi connectivity index (χ4v) is 2.68. The maximum absolute atomic E-state index is 5.25. The van der Waals surface area contributed by atoms with Gasteiger partial charge in [-0.2, -0.15) is 5.10 Å². The molecule has 6 nitrogen and oxygen atoms in total. The molecule has 0 fully saturated rings. The molecule has 136 valence electrons. The van der Waals surface area contributed by atoms with Gasteiger partial charge in [-0.05, 0) is 43.5 Å². The van der Waals surface area contributed by atoms with Gasteiger partial charge < -0.3 is 15.4 Å². The van der Waals surface area contributed by atoms with Crippen LogP contribution in [0.3, 0.4) is 0 Å². The smallest absolute Gasteiger partial charge is 0.191 e. The van der Waals surface area contributed by atoms with Crippen LogP contribution in [-0.2, 0) is 13.1 Å². The number of aryl methyl sites for hydroxylation is 2. The van der Waals surface area contributed by atoms with E-state index in [4.69, 9.17) is 4.74 Å². The molecule has 0 bridgehead atoms. The van der Waals surface area contributed by atoms with Crippen molar-refractivity contribution in [3.8, 4) is 5.75 Å². The molecule has 1 aromatic carbocycles. The number of aliphatic imine (C=N–C) groups is 1. The molecule has 0 aliphatic rings. The molecule has 25 heavy (non-hydrogen) atoms. The quantitative estimate of drug-likeness (QED) is 0.599. The zero-order valence-corrected chi connectivity index (χ0v) is 15.8. The predicted molar refractivity (Wildman–Crippen MR) is 102 cm³/mol. The molecule has 1 aromatic heterocycles. The van der Waals surface area contributed by atoms with Crippen molar-refractivity contribution in [2.75, 3.05) is 20.7 Å². The number of methoxy groups -OCH3 is 1. The monoisotopic (exact) mass is 343 g/mol. The first kappa shape index (κ1) is 18.8. The Morgan fingerprint density at radius 1 is 1.28 bits per heavy atom.